The highest BCUT2D eigenvalue weighted by molar-refractivity contribution is 5.83. The minimum absolute atomic E-state index is 0.149. The van der Waals surface area contributed by atoms with Crippen molar-refractivity contribution in [1.82, 2.24) is 15.5 Å². The molecule has 1 rings (SSSR count). The summed E-state index contributed by atoms with van der Waals surface area (Å²) in [4.78, 5) is 14.5. The van der Waals surface area contributed by atoms with E-state index in [-0.39, 0.29) is 11.3 Å². The van der Waals surface area contributed by atoms with Crippen LogP contribution in [-0.2, 0) is 4.79 Å². The van der Waals surface area contributed by atoms with E-state index in [1.165, 1.54) is 0 Å². The molecule has 18 heavy (non-hydrogen) atoms. The predicted molar refractivity (Wildman–Crippen MR) is 75.6 cm³/mol. The minimum atomic E-state index is -0.149. The zero-order valence-electron chi connectivity index (χ0n) is 12.4. The van der Waals surface area contributed by atoms with Crippen LogP contribution >= 0.6 is 0 Å². The Hall–Kier alpha value is -0.610. The van der Waals surface area contributed by atoms with Crippen LogP contribution in [0, 0.1) is 5.41 Å². The number of amides is 1. The molecule has 2 N–H and O–H groups in total. The van der Waals surface area contributed by atoms with Gasteiger partial charge in [-0.3, -0.25) is 4.79 Å². The molecule has 4 nitrogen and oxygen atoms in total. The molecule has 1 amide bonds. The molecular weight excluding hydrogens is 226 g/mol. The summed E-state index contributed by atoms with van der Waals surface area (Å²) in [5.74, 6) is 0.238. The van der Waals surface area contributed by atoms with Gasteiger partial charge in [0.25, 0.3) is 0 Å². The van der Waals surface area contributed by atoms with E-state index in [1.807, 2.05) is 0 Å². The van der Waals surface area contributed by atoms with Gasteiger partial charge in [0.2, 0.25) is 5.91 Å². The van der Waals surface area contributed by atoms with Crippen molar-refractivity contribution in [2.45, 2.75) is 46.1 Å². The van der Waals surface area contributed by atoms with Gasteiger partial charge in [0.1, 0.15) is 0 Å². The second kappa shape index (κ2) is 7.10. The van der Waals surface area contributed by atoms with E-state index in [2.05, 4.69) is 43.4 Å². The molecule has 1 fully saturated rings. The Balaban J connectivity index is 2.24. The number of carbonyl (C=O) groups excluding carboxylic acids is 1. The fourth-order valence-electron chi connectivity index (χ4n) is 2.38. The summed E-state index contributed by atoms with van der Waals surface area (Å²) in [5, 5.41) is 6.40. The summed E-state index contributed by atoms with van der Waals surface area (Å²) in [6.45, 7) is 10.1. The molecular formula is C14H29N3O. The maximum absolute atomic E-state index is 12.2. The first-order valence-electron chi connectivity index (χ1n) is 7.21. The van der Waals surface area contributed by atoms with Crippen LogP contribution in [0.1, 0.15) is 40.0 Å². The highest BCUT2D eigenvalue weighted by atomic mass is 16.2. The van der Waals surface area contributed by atoms with Crippen molar-refractivity contribution >= 4 is 5.91 Å². The second-order valence-corrected chi connectivity index (χ2v) is 5.74. The smallest absolute Gasteiger partial charge is 0.227 e. The van der Waals surface area contributed by atoms with Crippen LogP contribution in [0.2, 0.25) is 0 Å². The first-order chi connectivity index (χ1) is 8.52. The molecule has 0 bridgehead atoms. The maximum atomic E-state index is 12.2. The molecule has 0 saturated carbocycles. The summed E-state index contributed by atoms with van der Waals surface area (Å²) < 4.78 is 0. The van der Waals surface area contributed by atoms with Gasteiger partial charge in [0.15, 0.2) is 0 Å². The van der Waals surface area contributed by atoms with Crippen molar-refractivity contribution in [1.29, 1.82) is 0 Å². The van der Waals surface area contributed by atoms with Gasteiger partial charge in [-0.25, -0.2) is 0 Å². The van der Waals surface area contributed by atoms with E-state index in [9.17, 15) is 4.79 Å². The summed E-state index contributed by atoms with van der Waals surface area (Å²) >= 11 is 0. The molecule has 1 unspecified atom stereocenters. The summed E-state index contributed by atoms with van der Waals surface area (Å²) in [5.41, 5.74) is -0.149. The highest BCUT2D eigenvalue weighted by Crippen LogP contribution is 2.29. The average molecular weight is 255 g/mol. The van der Waals surface area contributed by atoms with Crippen molar-refractivity contribution in [2.24, 2.45) is 5.41 Å². The number of carbonyl (C=O) groups is 1. The Morgan fingerprint density at radius 1 is 1.50 bits per heavy atom. The average Bonchev–Trinajstić information content (AvgIpc) is 2.83. The largest absolute Gasteiger partial charge is 0.356 e. The van der Waals surface area contributed by atoms with E-state index in [4.69, 9.17) is 0 Å². The van der Waals surface area contributed by atoms with E-state index >= 15 is 0 Å². The predicted octanol–water partition coefficient (Wildman–Crippen LogP) is 1.22. The van der Waals surface area contributed by atoms with Gasteiger partial charge < -0.3 is 15.5 Å². The molecule has 1 aliphatic heterocycles. The quantitative estimate of drug-likeness (QED) is 0.672. The van der Waals surface area contributed by atoms with Gasteiger partial charge in [-0.1, -0.05) is 6.92 Å². The first-order valence-corrected chi connectivity index (χ1v) is 7.21. The van der Waals surface area contributed by atoms with Gasteiger partial charge in [0, 0.05) is 19.1 Å². The van der Waals surface area contributed by atoms with E-state index in [0.717, 1.165) is 45.4 Å². The SMILES string of the molecule is CCC1(C(=O)NCCCN(C)C(C)C)CCNC1. The molecule has 1 atom stereocenters. The lowest BCUT2D eigenvalue weighted by molar-refractivity contribution is -0.130. The molecule has 1 aliphatic rings. The molecule has 106 valence electrons. The number of rotatable bonds is 7. The minimum Gasteiger partial charge on any atom is -0.356 e. The number of hydrogen-bond acceptors (Lipinski definition) is 3. The Morgan fingerprint density at radius 3 is 2.72 bits per heavy atom. The van der Waals surface area contributed by atoms with E-state index < -0.39 is 0 Å². The Morgan fingerprint density at radius 2 is 2.22 bits per heavy atom. The van der Waals surface area contributed by atoms with Crippen LogP contribution in [0.3, 0.4) is 0 Å². The Kier molecular flexibility index (Phi) is 6.09. The lowest BCUT2D eigenvalue weighted by Crippen LogP contribution is -2.43. The van der Waals surface area contributed by atoms with Gasteiger partial charge in [-0.05, 0) is 53.2 Å². The second-order valence-electron chi connectivity index (χ2n) is 5.74. The third-order valence-electron chi connectivity index (χ3n) is 4.26. The molecule has 4 heteroatoms. The lowest BCUT2D eigenvalue weighted by Gasteiger charge is -2.26. The summed E-state index contributed by atoms with van der Waals surface area (Å²) in [7, 11) is 2.13. The van der Waals surface area contributed by atoms with Crippen LogP contribution in [0.25, 0.3) is 0 Å². The number of nitrogens with zero attached hydrogens (tertiary/aromatic N) is 1. The Labute approximate surface area is 111 Å². The molecule has 0 radical (unpaired) electrons. The van der Waals surface area contributed by atoms with Crippen LogP contribution in [0.4, 0.5) is 0 Å². The van der Waals surface area contributed by atoms with Crippen molar-refractivity contribution < 1.29 is 4.79 Å². The maximum Gasteiger partial charge on any atom is 0.227 e. The standard InChI is InChI=1S/C14H29N3O/c1-5-14(7-9-15-11-14)13(18)16-8-6-10-17(4)12(2)3/h12,15H,5-11H2,1-4H3,(H,16,18). The Bertz CT molecular complexity index is 260. The zero-order chi connectivity index (χ0) is 13.6. The summed E-state index contributed by atoms with van der Waals surface area (Å²) in [6.07, 6.45) is 2.92. The van der Waals surface area contributed by atoms with Crippen molar-refractivity contribution in [3.05, 3.63) is 0 Å². The van der Waals surface area contributed by atoms with Crippen molar-refractivity contribution in [3.8, 4) is 0 Å². The molecule has 0 aliphatic carbocycles. The monoisotopic (exact) mass is 255 g/mol. The number of hydrogen-bond donors (Lipinski definition) is 2. The molecule has 0 aromatic rings. The normalized spacial score (nSPS) is 23.9. The molecule has 1 saturated heterocycles. The van der Waals surface area contributed by atoms with Gasteiger partial charge in [-0.2, -0.15) is 0 Å². The molecule has 0 aromatic heterocycles. The van der Waals surface area contributed by atoms with E-state index in [1.54, 1.807) is 0 Å². The lowest BCUT2D eigenvalue weighted by atomic mass is 9.83. The van der Waals surface area contributed by atoms with Crippen molar-refractivity contribution in [3.63, 3.8) is 0 Å². The third-order valence-corrected chi connectivity index (χ3v) is 4.26. The molecule has 0 aromatic carbocycles. The van der Waals surface area contributed by atoms with Crippen LogP contribution in [-0.4, -0.2) is 50.1 Å². The number of nitrogens with one attached hydrogen (secondary N) is 2. The van der Waals surface area contributed by atoms with Gasteiger partial charge in [0.05, 0.1) is 5.41 Å². The van der Waals surface area contributed by atoms with Gasteiger partial charge in [-0.15, -0.1) is 0 Å². The van der Waals surface area contributed by atoms with Crippen LogP contribution in [0.15, 0.2) is 0 Å². The molecule has 0 spiro atoms. The van der Waals surface area contributed by atoms with Crippen molar-refractivity contribution in [2.75, 3.05) is 33.2 Å². The topological polar surface area (TPSA) is 44.4 Å². The van der Waals surface area contributed by atoms with Crippen LogP contribution in [0.5, 0.6) is 0 Å². The third kappa shape index (κ3) is 3.95. The fourth-order valence-corrected chi connectivity index (χ4v) is 2.38. The first kappa shape index (κ1) is 15.4. The molecule has 1 heterocycles. The highest BCUT2D eigenvalue weighted by Gasteiger charge is 2.38. The fraction of sp³-hybridized carbons (Fsp3) is 0.929. The van der Waals surface area contributed by atoms with E-state index in [0.29, 0.717) is 6.04 Å². The zero-order valence-corrected chi connectivity index (χ0v) is 12.4. The summed E-state index contributed by atoms with van der Waals surface area (Å²) in [6, 6.07) is 0.571. The van der Waals surface area contributed by atoms with Crippen LogP contribution < -0.4 is 10.6 Å². The van der Waals surface area contributed by atoms with Gasteiger partial charge >= 0.3 is 0 Å².